The molecule has 1 N–H and O–H groups in total. The normalized spacial score (nSPS) is 33.1. The molecule has 0 aromatic rings. The van der Waals surface area contributed by atoms with Crippen LogP contribution in [0.5, 0.6) is 0 Å². The van der Waals surface area contributed by atoms with Crippen molar-refractivity contribution in [3.63, 3.8) is 0 Å². The minimum absolute atomic E-state index is 0.511. The molecule has 0 aromatic heterocycles. The summed E-state index contributed by atoms with van der Waals surface area (Å²) in [5.74, 6) is 1.75. The highest BCUT2D eigenvalue weighted by molar-refractivity contribution is 7.85. The lowest BCUT2D eigenvalue weighted by atomic mass is 10.1. The van der Waals surface area contributed by atoms with E-state index in [-0.39, 0.29) is 0 Å². The van der Waals surface area contributed by atoms with Gasteiger partial charge in [0.15, 0.2) is 0 Å². The fraction of sp³-hybridized carbons (Fsp3) is 1.00. The van der Waals surface area contributed by atoms with Crippen molar-refractivity contribution in [3.8, 4) is 0 Å². The monoisotopic (exact) mass is 217 g/mol. The van der Waals surface area contributed by atoms with Gasteiger partial charge in [-0.05, 0) is 12.8 Å². The van der Waals surface area contributed by atoms with Crippen LogP contribution in [0.3, 0.4) is 0 Å². The van der Waals surface area contributed by atoms with Gasteiger partial charge in [0.25, 0.3) is 0 Å². The summed E-state index contributed by atoms with van der Waals surface area (Å²) in [6.45, 7) is 4.41. The second-order valence-corrected chi connectivity index (χ2v) is 5.81. The van der Waals surface area contributed by atoms with E-state index < -0.39 is 10.8 Å². The highest BCUT2D eigenvalue weighted by atomic mass is 32.2. The Kier molecular flexibility index (Phi) is 5.71. The van der Waals surface area contributed by atoms with E-state index in [1.807, 2.05) is 0 Å². The molecule has 84 valence electrons. The fourth-order valence-corrected chi connectivity index (χ4v) is 3.64. The molecule has 0 aliphatic carbocycles. The Labute approximate surface area is 90.3 Å². The molecule has 14 heavy (non-hydrogen) atoms. The van der Waals surface area contributed by atoms with Crippen LogP contribution in [0.4, 0.5) is 0 Å². The van der Waals surface area contributed by atoms with Gasteiger partial charge in [-0.2, -0.15) is 0 Å². The molecule has 0 unspecified atom stereocenters. The second kappa shape index (κ2) is 6.57. The molecule has 2 nitrogen and oxygen atoms in total. The molecule has 0 amide bonds. The van der Waals surface area contributed by atoms with Crippen LogP contribution in [0, 0.1) is 0 Å². The number of nitrogens with one attached hydrogen (secondary N) is 1. The van der Waals surface area contributed by atoms with Crippen LogP contribution in [0.2, 0.25) is 0 Å². The van der Waals surface area contributed by atoms with Crippen molar-refractivity contribution in [3.05, 3.63) is 0 Å². The third-order valence-electron chi connectivity index (χ3n) is 2.79. The molecule has 0 saturated carbocycles. The average Bonchev–Trinajstić information content (AvgIpc) is 2.14. The molecule has 1 fully saturated rings. The van der Waals surface area contributed by atoms with Crippen LogP contribution in [0.1, 0.15) is 46.0 Å². The highest BCUT2D eigenvalue weighted by Crippen LogP contribution is 2.12. The molecule has 0 bridgehead atoms. The number of hydrogen-bond acceptors (Lipinski definition) is 2. The Morgan fingerprint density at radius 2 is 1.79 bits per heavy atom. The molecule has 1 heterocycles. The maximum atomic E-state index is 11.6. The lowest BCUT2D eigenvalue weighted by Crippen LogP contribution is -2.49. The summed E-state index contributed by atoms with van der Waals surface area (Å²) in [6.07, 6.45) is 6.06. The highest BCUT2D eigenvalue weighted by Gasteiger charge is 2.24. The van der Waals surface area contributed by atoms with Crippen molar-refractivity contribution in [2.24, 2.45) is 0 Å². The van der Waals surface area contributed by atoms with E-state index in [0.717, 1.165) is 11.5 Å². The van der Waals surface area contributed by atoms with E-state index >= 15 is 0 Å². The SMILES string of the molecule is CCCC[C@H]1C[S@](=O)C[C@@H](CCC)N1. The predicted molar refractivity (Wildman–Crippen MR) is 63.0 cm³/mol. The van der Waals surface area contributed by atoms with Crippen molar-refractivity contribution in [2.75, 3.05) is 11.5 Å². The Morgan fingerprint density at radius 1 is 1.14 bits per heavy atom. The molecular formula is C11H23NOS. The van der Waals surface area contributed by atoms with Crippen LogP contribution in [0.25, 0.3) is 0 Å². The van der Waals surface area contributed by atoms with Gasteiger partial charge in [0.2, 0.25) is 0 Å². The quantitative estimate of drug-likeness (QED) is 0.764. The standard InChI is InChI=1S/C11H23NOS/c1-3-5-7-11-9-14(13)8-10(12-11)6-4-2/h10-12H,3-9H2,1-2H3/t10-,11+,14-/m1/s1. The number of rotatable bonds is 5. The van der Waals surface area contributed by atoms with Gasteiger partial charge in [-0.15, -0.1) is 0 Å². The first-order chi connectivity index (χ1) is 6.76. The zero-order chi connectivity index (χ0) is 10.4. The number of unbranched alkanes of at least 4 members (excludes halogenated alkanes) is 1. The zero-order valence-corrected chi connectivity index (χ0v) is 10.2. The Morgan fingerprint density at radius 3 is 2.36 bits per heavy atom. The van der Waals surface area contributed by atoms with Crippen molar-refractivity contribution in [2.45, 2.75) is 58.0 Å². The summed E-state index contributed by atoms with van der Waals surface area (Å²) in [7, 11) is -0.568. The molecule has 0 spiro atoms. The number of hydrogen-bond donors (Lipinski definition) is 1. The van der Waals surface area contributed by atoms with Crippen LogP contribution >= 0.6 is 0 Å². The molecule has 0 radical (unpaired) electrons. The zero-order valence-electron chi connectivity index (χ0n) is 9.42. The van der Waals surface area contributed by atoms with Crippen molar-refractivity contribution < 1.29 is 4.21 Å². The second-order valence-electron chi connectivity index (χ2n) is 4.26. The minimum atomic E-state index is -0.568. The lowest BCUT2D eigenvalue weighted by Gasteiger charge is -2.30. The smallest absolute Gasteiger partial charge is 0.0389 e. The van der Waals surface area contributed by atoms with E-state index in [9.17, 15) is 4.21 Å². The van der Waals surface area contributed by atoms with E-state index in [1.54, 1.807) is 0 Å². The molecule has 3 heteroatoms. The van der Waals surface area contributed by atoms with Crippen LogP contribution < -0.4 is 5.32 Å². The molecule has 1 aliphatic heterocycles. The van der Waals surface area contributed by atoms with E-state index in [1.165, 1.54) is 32.1 Å². The lowest BCUT2D eigenvalue weighted by molar-refractivity contribution is 0.408. The molecular weight excluding hydrogens is 194 g/mol. The van der Waals surface area contributed by atoms with Gasteiger partial charge in [-0.25, -0.2) is 0 Å². The van der Waals surface area contributed by atoms with Gasteiger partial charge >= 0.3 is 0 Å². The maximum Gasteiger partial charge on any atom is 0.0389 e. The fourth-order valence-electron chi connectivity index (χ4n) is 2.08. The first kappa shape index (κ1) is 12.2. The Balaban J connectivity index is 2.33. The summed E-state index contributed by atoms with van der Waals surface area (Å²) in [5, 5.41) is 3.63. The minimum Gasteiger partial charge on any atom is -0.309 e. The van der Waals surface area contributed by atoms with E-state index in [0.29, 0.717) is 12.1 Å². The Hall–Kier alpha value is 0.110. The summed E-state index contributed by atoms with van der Waals surface area (Å²) in [4.78, 5) is 0. The van der Waals surface area contributed by atoms with Gasteiger partial charge in [-0.1, -0.05) is 33.1 Å². The third kappa shape index (κ3) is 4.09. The molecule has 1 rings (SSSR count). The summed E-state index contributed by atoms with van der Waals surface area (Å²) in [6, 6.07) is 1.03. The van der Waals surface area contributed by atoms with Crippen LogP contribution in [0.15, 0.2) is 0 Å². The van der Waals surface area contributed by atoms with E-state index in [4.69, 9.17) is 0 Å². The predicted octanol–water partition coefficient (Wildman–Crippen LogP) is 2.07. The third-order valence-corrected chi connectivity index (χ3v) is 4.34. The van der Waals surface area contributed by atoms with Crippen molar-refractivity contribution >= 4 is 10.8 Å². The molecule has 1 aliphatic rings. The van der Waals surface area contributed by atoms with Crippen LogP contribution in [-0.4, -0.2) is 27.8 Å². The maximum absolute atomic E-state index is 11.6. The van der Waals surface area contributed by atoms with Gasteiger partial charge in [0.1, 0.15) is 0 Å². The first-order valence-electron chi connectivity index (χ1n) is 5.87. The molecule has 1 saturated heterocycles. The van der Waals surface area contributed by atoms with Crippen molar-refractivity contribution in [1.29, 1.82) is 0 Å². The van der Waals surface area contributed by atoms with Gasteiger partial charge in [-0.3, -0.25) is 4.21 Å². The molecule has 0 aromatic carbocycles. The summed E-state index contributed by atoms with van der Waals surface area (Å²) >= 11 is 0. The largest absolute Gasteiger partial charge is 0.309 e. The van der Waals surface area contributed by atoms with Crippen molar-refractivity contribution in [1.82, 2.24) is 5.32 Å². The topological polar surface area (TPSA) is 29.1 Å². The van der Waals surface area contributed by atoms with E-state index in [2.05, 4.69) is 19.2 Å². The summed E-state index contributed by atoms with van der Waals surface area (Å²) in [5.41, 5.74) is 0. The summed E-state index contributed by atoms with van der Waals surface area (Å²) < 4.78 is 11.6. The van der Waals surface area contributed by atoms with Crippen LogP contribution in [-0.2, 0) is 10.8 Å². The first-order valence-corrected chi connectivity index (χ1v) is 7.36. The Bertz CT molecular complexity index is 184. The van der Waals surface area contributed by atoms with Gasteiger partial charge in [0.05, 0.1) is 0 Å². The average molecular weight is 217 g/mol. The van der Waals surface area contributed by atoms with Gasteiger partial charge < -0.3 is 5.32 Å². The van der Waals surface area contributed by atoms with Gasteiger partial charge in [0, 0.05) is 34.4 Å². The molecule has 3 atom stereocenters.